The van der Waals surface area contributed by atoms with Crippen molar-refractivity contribution in [2.45, 2.75) is 13.3 Å². The Bertz CT molecular complexity index is 681. The summed E-state index contributed by atoms with van der Waals surface area (Å²) in [6.07, 6.45) is 0.255. The highest BCUT2D eigenvalue weighted by atomic mass is 16.5. The first-order valence-electron chi connectivity index (χ1n) is 7.40. The molecule has 0 fully saturated rings. The monoisotopic (exact) mass is 312 g/mol. The molecule has 0 heterocycles. The van der Waals surface area contributed by atoms with Crippen LogP contribution in [-0.2, 0) is 4.79 Å². The molecule has 2 aromatic carbocycles. The molecule has 5 heteroatoms. The lowest BCUT2D eigenvalue weighted by Gasteiger charge is -2.09. The lowest BCUT2D eigenvalue weighted by atomic mass is 10.2. The number of aryl methyl sites for hydroxylation is 1. The molecule has 0 radical (unpaired) electrons. The molecule has 0 aromatic heterocycles. The Kier molecular flexibility index (Phi) is 5.74. The van der Waals surface area contributed by atoms with Crippen LogP contribution >= 0.6 is 0 Å². The third kappa shape index (κ3) is 4.85. The summed E-state index contributed by atoms with van der Waals surface area (Å²) >= 11 is 0. The first-order valence-corrected chi connectivity index (χ1v) is 7.40. The normalized spacial score (nSPS) is 10.0. The van der Waals surface area contributed by atoms with Crippen molar-refractivity contribution in [3.8, 4) is 5.75 Å². The summed E-state index contributed by atoms with van der Waals surface area (Å²) in [4.78, 5) is 23.3. The maximum Gasteiger partial charge on any atom is 0.251 e. The fourth-order valence-electron chi connectivity index (χ4n) is 2.04. The predicted octanol–water partition coefficient (Wildman–Crippen LogP) is 2.76. The summed E-state index contributed by atoms with van der Waals surface area (Å²) in [6, 6.07) is 14.4. The van der Waals surface area contributed by atoms with E-state index in [0.29, 0.717) is 17.9 Å². The van der Waals surface area contributed by atoms with Crippen LogP contribution in [-0.4, -0.2) is 25.5 Å². The summed E-state index contributed by atoms with van der Waals surface area (Å²) < 4.78 is 5.60. The molecule has 2 aromatic rings. The molecule has 2 rings (SSSR count). The van der Waals surface area contributed by atoms with Gasteiger partial charge in [-0.25, -0.2) is 0 Å². The Morgan fingerprint density at radius 3 is 2.39 bits per heavy atom. The molecule has 0 unspecified atom stereocenters. The van der Waals surface area contributed by atoms with Crippen molar-refractivity contribution in [1.82, 2.24) is 5.32 Å². The minimum Gasteiger partial charge on any atom is -0.493 e. The molecule has 0 aliphatic carbocycles. The smallest absolute Gasteiger partial charge is 0.251 e. The van der Waals surface area contributed by atoms with Crippen LogP contribution in [0.1, 0.15) is 22.3 Å². The van der Waals surface area contributed by atoms with E-state index >= 15 is 0 Å². The Morgan fingerprint density at radius 2 is 1.74 bits per heavy atom. The van der Waals surface area contributed by atoms with Gasteiger partial charge in [-0.3, -0.25) is 9.59 Å². The van der Waals surface area contributed by atoms with Crippen molar-refractivity contribution in [3.63, 3.8) is 0 Å². The van der Waals surface area contributed by atoms with Crippen LogP contribution in [0.4, 0.5) is 5.69 Å². The van der Waals surface area contributed by atoms with E-state index in [9.17, 15) is 9.59 Å². The molecule has 120 valence electrons. The number of amides is 2. The topological polar surface area (TPSA) is 67.4 Å². The molecule has 2 amide bonds. The number of hydrogen-bond acceptors (Lipinski definition) is 3. The van der Waals surface area contributed by atoms with Gasteiger partial charge in [-0.05, 0) is 42.8 Å². The van der Waals surface area contributed by atoms with Gasteiger partial charge in [0.2, 0.25) is 5.91 Å². The number of carbonyl (C=O) groups is 2. The Balaban J connectivity index is 1.81. The van der Waals surface area contributed by atoms with Crippen LogP contribution in [0.5, 0.6) is 5.75 Å². The molecule has 0 aliphatic heterocycles. The average molecular weight is 312 g/mol. The molecule has 2 N–H and O–H groups in total. The number of rotatable bonds is 6. The fraction of sp³-hybridized carbons (Fsp3) is 0.222. The Labute approximate surface area is 135 Å². The molecular formula is C18H20N2O3. The highest BCUT2D eigenvalue weighted by molar-refractivity contribution is 5.95. The molecule has 0 saturated carbocycles. The summed E-state index contributed by atoms with van der Waals surface area (Å²) in [6.45, 7) is 2.27. The van der Waals surface area contributed by atoms with Crippen LogP contribution in [0.25, 0.3) is 0 Å². The van der Waals surface area contributed by atoms with Crippen LogP contribution < -0.4 is 15.4 Å². The van der Waals surface area contributed by atoms with Gasteiger partial charge in [0.15, 0.2) is 0 Å². The van der Waals surface area contributed by atoms with E-state index in [1.54, 1.807) is 31.3 Å². The van der Waals surface area contributed by atoms with Gasteiger partial charge < -0.3 is 15.4 Å². The zero-order chi connectivity index (χ0) is 16.7. The Morgan fingerprint density at radius 1 is 1.04 bits per heavy atom. The summed E-state index contributed by atoms with van der Waals surface area (Å²) in [7, 11) is 1.58. The minimum atomic E-state index is -0.158. The molecular weight excluding hydrogens is 292 g/mol. The first kappa shape index (κ1) is 16.5. The minimum absolute atomic E-state index is 0.133. The molecule has 5 nitrogen and oxygen atoms in total. The zero-order valence-corrected chi connectivity index (χ0v) is 13.3. The van der Waals surface area contributed by atoms with E-state index in [2.05, 4.69) is 10.6 Å². The van der Waals surface area contributed by atoms with Crippen molar-refractivity contribution in [1.29, 1.82) is 0 Å². The van der Waals surface area contributed by atoms with Crippen LogP contribution in [0, 0.1) is 6.92 Å². The average Bonchev–Trinajstić information content (AvgIpc) is 2.56. The number of benzene rings is 2. The second-order valence-corrected chi connectivity index (χ2v) is 5.07. The third-order valence-corrected chi connectivity index (χ3v) is 3.34. The molecule has 0 saturated heterocycles. The summed E-state index contributed by atoms with van der Waals surface area (Å²) in [5, 5.41) is 5.32. The standard InChI is InChI=1S/C18H20N2O3/c1-13-5-3-4-6-16(13)23-12-11-17(21)20-15-9-7-14(8-10-15)18(22)19-2/h3-10H,11-12H2,1-2H3,(H,19,22)(H,20,21). The van der Waals surface area contributed by atoms with Crippen molar-refractivity contribution in [3.05, 3.63) is 59.7 Å². The van der Waals surface area contributed by atoms with Gasteiger partial charge in [0, 0.05) is 18.3 Å². The van der Waals surface area contributed by atoms with Crippen LogP contribution in [0.15, 0.2) is 48.5 Å². The van der Waals surface area contributed by atoms with Crippen molar-refractivity contribution in [2.75, 3.05) is 19.0 Å². The SMILES string of the molecule is CNC(=O)c1ccc(NC(=O)CCOc2ccccc2C)cc1. The molecule has 0 bridgehead atoms. The van der Waals surface area contributed by atoms with Crippen molar-refractivity contribution >= 4 is 17.5 Å². The molecule has 0 atom stereocenters. The summed E-state index contributed by atoms with van der Waals surface area (Å²) in [5.74, 6) is 0.496. The number of anilines is 1. The van der Waals surface area contributed by atoms with E-state index in [4.69, 9.17) is 4.74 Å². The van der Waals surface area contributed by atoms with Crippen LogP contribution in [0.2, 0.25) is 0 Å². The Hall–Kier alpha value is -2.82. The molecule has 23 heavy (non-hydrogen) atoms. The quantitative estimate of drug-likeness (QED) is 0.862. The lowest BCUT2D eigenvalue weighted by Crippen LogP contribution is -2.18. The second kappa shape index (κ2) is 7.98. The second-order valence-electron chi connectivity index (χ2n) is 5.07. The van der Waals surface area contributed by atoms with E-state index in [0.717, 1.165) is 11.3 Å². The number of carbonyl (C=O) groups excluding carboxylic acids is 2. The number of ether oxygens (including phenoxy) is 1. The fourth-order valence-corrected chi connectivity index (χ4v) is 2.04. The number of nitrogens with one attached hydrogen (secondary N) is 2. The van der Waals surface area contributed by atoms with Gasteiger partial charge >= 0.3 is 0 Å². The maximum absolute atomic E-state index is 11.9. The van der Waals surface area contributed by atoms with Gasteiger partial charge in [0.25, 0.3) is 5.91 Å². The van der Waals surface area contributed by atoms with Gasteiger partial charge in [-0.2, -0.15) is 0 Å². The van der Waals surface area contributed by atoms with Crippen molar-refractivity contribution in [2.24, 2.45) is 0 Å². The van der Waals surface area contributed by atoms with Gasteiger partial charge in [0.05, 0.1) is 13.0 Å². The maximum atomic E-state index is 11.9. The lowest BCUT2D eigenvalue weighted by molar-refractivity contribution is -0.116. The molecule has 0 spiro atoms. The highest BCUT2D eigenvalue weighted by Crippen LogP contribution is 2.16. The zero-order valence-electron chi connectivity index (χ0n) is 13.3. The van der Waals surface area contributed by atoms with Crippen molar-refractivity contribution < 1.29 is 14.3 Å². The number of para-hydroxylation sites is 1. The molecule has 0 aliphatic rings. The van der Waals surface area contributed by atoms with E-state index in [1.165, 1.54) is 0 Å². The first-order chi connectivity index (χ1) is 11.1. The van der Waals surface area contributed by atoms with Gasteiger partial charge in [-0.15, -0.1) is 0 Å². The largest absolute Gasteiger partial charge is 0.493 e. The number of hydrogen-bond donors (Lipinski definition) is 2. The van der Waals surface area contributed by atoms with Gasteiger partial charge in [0.1, 0.15) is 5.75 Å². The highest BCUT2D eigenvalue weighted by Gasteiger charge is 2.06. The van der Waals surface area contributed by atoms with Crippen LogP contribution in [0.3, 0.4) is 0 Å². The van der Waals surface area contributed by atoms with E-state index in [1.807, 2.05) is 31.2 Å². The van der Waals surface area contributed by atoms with E-state index in [-0.39, 0.29) is 18.2 Å². The van der Waals surface area contributed by atoms with Gasteiger partial charge in [-0.1, -0.05) is 18.2 Å². The summed E-state index contributed by atoms with van der Waals surface area (Å²) in [5.41, 5.74) is 2.24. The van der Waals surface area contributed by atoms with E-state index < -0.39 is 0 Å². The third-order valence-electron chi connectivity index (χ3n) is 3.34. The predicted molar refractivity (Wildman–Crippen MR) is 89.8 cm³/mol.